The fourth-order valence-electron chi connectivity index (χ4n) is 4.85. The Hall–Kier alpha value is -3.80. The van der Waals surface area contributed by atoms with Crippen LogP contribution in [-0.4, -0.2) is 46.3 Å². The van der Waals surface area contributed by atoms with Crippen LogP contribution in [0.2, 0.25) is 0 Å². The predicted molar refractivity (Wildman–Crippen MR) is 106 cm³/mol. The third-order valence-electron chi connectivity index (χ3n) is 6.34. The minimum absolute atomic E-state index is 0.0624. The number of ether oxygens (including phenoxy) is 2. The van der Waals surface area contributed by atoms with Crippen molar-refractivity contribution in [3.63, 3.8) is 0 Å². The van der Waals surface area contributed by atoms with Crippen molar-refractivity contribution in [3.05, 3.63) is 40.3 Å². The number of benzene rings is 1. The molecule has 3 fully saturated rings. The number of hydrogen-bond donors (Lipinski definition) is 1. The van der Waals surface area contributed by atoms with Gasteiger partial charge in [-0.05, 0) is 18.6 Å². The maximum absolute atomic E-state index is 12.8. The van der Waals surface area contributed by atoms with Gasteiger partial charge in [-0.3, -0.25) is 24.5 Å². The first kappa shape index (κ1) is 19.9. The van der Waals surface area contributed by atoms with Gasteiger partial charge in [0, 0.05) is 5.38 Å². The summed E-state index contributed by atoms with van der Waals surface area (Å²) < 4.78 is 11.5. The number of carbonyl (C=O) groups is 5. The van der Waals surface area contributed by atoms with Crippen molar-refractivity contribution in [2.75, 3.05) is 6.61 Å². The van der Waals surface area contributed by atoms with Gasteiger partial charge in [0.25, 0.3) is 11.8 Å². The van der Waals surface area contributed by atoms with Crippen molar-refractivity contribution in [2.24, 2.45) is 23.7 Å². The number of fused-ring (bicyclic) bond motifs is 4. The minimum Gasteiger partial charge on any atom is -0.485 e. The molecule has 6 rings (SSSR count). The highest BCUT2D eigenvalue weighted by molar-refractivity contribution is 7.09. The predicted octanol–water partition coefficient (Wildman–Crippen LogP) is 0.621. The molecule has 4 amide bonds. The van der Waals surface area contributed by atoms with Gasteiger partial charge in [-0.15, -0.1) is 16.4 Å². The number of imide groups is 2. The van der Waals surface area contributed by atoms with Crippen LogP contribution in [0.5, 0.6) is 11.5 Å². The summed E-state index contributed by atoms with van der Waals surface area (Å²) >= 11 is 1.15. The first-order valence-corrected chi connectivity index (χ1v) is 11.1. The molecule has 1 N–H and O–H groups in total. The lowest BCUT2D eigenvalue weighted by Gasteiger charge is -2.24. The van der Waals surface area contributed by atoms with Gasteiger partial charge in [-0.2, -0.15) is 0 Å². The zero-order valence-corrected chi connectivity index (χ0v) is 17.6. The number of aromatic nitrogens is 1. The Kier molecular flexibility index (Phi) is 4.27. The third-order valence-corrected chi connectivity index (χ3v) is 7.28. The average molecular weight is 469 g/mol. The molecule has 1 aromatic carbocycles. The van der Waals surface area contributed by atoms with Gasteiger partial charge in [-0.1, -0.05) is 12.1 Å². The van der Waals surface area contributed by atoms with E-state index in [1.807, 2.05) is 12.1 Å². The van der Waals surface area contributed by atoms with Gasteiger partial charge in [-0.25, -0.2) is 9.78 Å². The second-order valence-electron chi connectivity index (χ2n) is 8.14. The van der Waals surface area contributed by atoms with Crippen molar-refractivity contribution in [2.45, 2.75) is 12.5 Å². The fraction of sp³-hybridized carbons (Fsp3) is 0.333. The van der Waals surface area contributed by atoms with Crippen LogP contribution in [0.15, 0.2) is 29.6 Å². The lowest BCUT2D eigenvalue weighted by molar-refractivity contribution is -0.176. The molecule has 12 heteroatoms. The summed E-state index contributed by atoms with van der Waals surface area (Å²) in [7, 11) is 0. The zero-order valence-electron chi connectivity index (χ0n) is 16.8. The Balaban J connectivity index is 1.16. The summed E-state index contributed by atoms with van der Waals surface area (Å²) in [6.45, 7) is 0.203. The van der Waals surface area contributed by atoms with Crippen molar-refractivity contribution in [1.82, 2.24) is 15.4 Å². The average Bonchev–Trinajstić information content (AvgIpc) is 3.56. The molecule has 1 saturated carbocycles. The van der Waals surface area contributed by atoms with E-state index in [1.165, 1.54) is 5.38 Å². The van der Waals surface area contributed by atoms with Crippen molar-refractivity contribution in [3.8, 4) is 11.5 Å². The van der Waals surface area contributed by atoms with Crippen LogP contribution >= 0.6 is 11.3 Å². The highest BCUT2D eigenvalue weighted by atomic mass is 32.1. The molecule has 3 aliphatic heterocycles. The number of rotatable bonds is 3. The van der Waals surface area contributed by atoms with Crippen molar-refractivity contribution >= 4 is 40.9 Å². The number of hydrogen-bond acceptors (Lipinski definition) is 10. The van der Waals surface area contributed by atoms with E-state index in [4.69, 9.17) is 14.3 Å². The molecule has 0 bridgehead atoms. The maximum Gasteiger partial charge on any atom is 0.382 e. The summed E-state index contributed by atoms with van der Waals surface area (Å²) in [5, 5.41) is 4.50. The molecule has 4 heterocycles. The van der Waals surface area contributed by atoms with E-state index >= 15 is 0 Å². The molecule has 0 radical (unpaired) electrons. The lowest BCUT2D eigenvalue weighted by Crippen LogP contribution is -2.37. The van der Waals surface area contributed by atoms with Gasteiger partial charge in [0.2, 0.25) is 11.8 Å². The number of amides is 4. The fourth-order valence-corrected chi connectivity index (χ4v) is 5.65. The van der Waals surface area contributed by atoms with Gasteiger partial charge < -0.3 is 14.3 Å². The normalized spacial score (nSPS) is 29.7. The lowest BCUT2D eigenvalue weighted by atomic mass is 9.89. The van der Waals surface area contributed by atoms with Gasteiger partial charge in [0.1, 0.15) is 11.6 Å². The molecular formula is C21H15N3O8S. The molecule has 4 aliphatic rings. The first-order chi connectivity index (χ1) is 15.9. The molecule has 2 saturated heterocycles. The van der Waals surface area contributed by atoms with Crippen LogP contribution in [-0.2, 0) is 24.0 Å². The summed E-state index contributed by atoms with van der Waals surface area (Å²) in [6, 6.07) is 7.17. The SMILES string of the molecule is O=C(ON1C(=O)[C@H]2[C@@H]3C(=O)NC(=O)[C@@H]3C[C@@H]2C1=O)c1csc(C2COc3ccccc3O2)n1. The number of para-hydroxylation sites is 2. The van der Waals surface area contributed by atoms with E-state index in [0.29, 0.717) is 21.6 Å². The van der Waals surface area contributed by atoms with E-state index < -0.39 is 59.4 Å². The third kappa shape index (κ3) is 2.94. The Bertz CT molecular complexity index is 1240. The topological polar surface area (TPSA) is 141 Å². The Morgan fingerprint density at radius 3 is 2.67 bits per heavy atom. The maximum atomic E-state index is 12.8. The van der Waals surface area contributed by atoms with E-state index in [-0.39, 0.29) is 18.7 Å². The molecule has 1 aliphatic carbocycles. The Morgan fingerprint density at radius 1 is 1.06 bits per heavy atom. The van der Waals surface area contributed by atoms with Gasteiger partial charge in [0.05, 0.1) is 23.7 Å². The van der Waals surface area contributed by atoms with Crippen LogP contribution in [0.4, 0.5) is 0 Å². The van der Waals surface area contributed by atoms with E-state index in [2.05, 4.69) is 10.3 Å². The number of hydroxylamine groups is 2. The van der Waals surface area contributed by atoms with E-state index in [0.717, 1.165) is 11.3 Å². The molecule has 1 unspecified atom stereocenters. The molecule has 33 heavy (non-hydrogen) atoms. The standard InChI is InChI=1S/C21H15N3O8S/c25-16-8-5-9-15(14(8)17(26)23-16)20(28)24(19(9)27)32-21(29)10-7-33-18(22-10)13-6-30-11-3-1-2-4-12(11)31-13/h1-4,7-9,13-15H,5-6H2,(H,23,25,26)/t8-,9+,13?,14-,15-/m1/s1. The summed E-state index contributed by atoms with van der Waals surface area (Å²) in [4.78, 5) is 71.4. The quantitative estimate of drug-likeness (QED) is 0.640. The van der Waals surface area contributed by atoms with Crippen LogP contribution < -0.4 is 14.8 Å². The number of thiazole rings is 1. The largest absolute Gasteiger partial charge is 0.485 e. The zero-order chi connectivity index (χ0) is 22.9. The smallest absolute Gasteiger partial charge is 0.382 e. The van der Waals surface area contributed by atoms with Crippen LogP contribution in [0, 0.1) is 23.7 Å². The van der Waals surface area contributed by atoms with Gasteiger partial charge in [0.15, 0.2) is 23.3 Å². The van der Waals surface area contributed by atoms with Crippen LogP contribution in [0.25, 0.3) is 0 Å². The molecule has 5 atom stereocenters. The highest BCUT2D eigenvalue weighted by Crippen LogP contribution is 2.49. The second-order valence-corrected chi connectivity index (χ2v) is 9.03. The van der Waals surface area contributed by atoms with Crippen molar-refractivity contribution in [1.29, 1.82) is 0 Å². The number of carbonyl (C=O) groups excluding carboxylic acids is 5. The summed E-state index contributed by atoms with van der Waals surface area (Å²) in [5.74, 6) is -5.91. The molecular weight excluding hydrogens is 454 g/mol. The van der Waals surface area contributed by atoms with Crippen LogP contribution in [0.1, 0.15) is 28.0 Å². The molecule has 168 valence electrons. The second kappa shape index (κ2) is 7.10. The van der Waals surface area contributed by atoms with E-state index in [1.54, 1.807) is 12.1 Å². The number of nitrogens with zero attached hydrogens (tertiary/aromatic N) is 2. The molecule has 0 spiro atoms. The molecule has 1 aromatic heterocycles. The molecule has 11 nitrogen and oxygen atoms in total. The van der Waals surface area contributed by atoms with Crippen molar-refractivity contribution < 1.29 is 38.3 Å². The molecule has 2 aromatic rings. The minimum atomic E-state index is -1.01. The Morgan fingerprint density at radius 2 is 1.85 bits per heavy atom. The number of nitrogens with one attached hydrogen (secondary N) is 1. The summed E-state index contributed by atoms with van der Waals surface area (Å²) in [6.07, 6.45) is -0.469. The van der Waals surface area contributed by atoms with Gasteiger partial charge >= 0.3 is 5.97 Å². The first-order valence-electron chi connectivity index (χ1n) is 10.2. The highest BCUT2D eigenvalue weighted by Gasteiger charge is 2.65. The Labute approximate surface area is 189 Å². The summed E-state index contributed by atoms with van der Waals surface area (Å²) in [5.41, 5.74) is -0.0956. The van der Waals surface area contributed by atoms with E-state index in [9.17, 15) is 24.0 Å². The monoisotopic (exact) mass is 469 g/mol. The van der Waals surface area contributed by atoms with Crippen LogP contribution in [0.3, 0.4) is 0 Å².